The molecule has 0 spiro atoms. The van der Waals surface area contributed by atoms with Crippen molar-refractivity contribution in [2.45, 2.75) is 16.4 Å². The lowest BCUT2D eigenvalue weighted by Crippen LogP contribution is -2.21. The number of hydrogen-bond donors (Lipinski definition) is 1. The monoisotopic (exact) mass is 462 g/mol. The van der Waals surface area contributed by atoms with Gasteiger partial charge in [-0.2, -0.15) is 0 Å². The fourth-order valence-corrected chi connectivity index (χ4v) is 5.45. The smallest absolute Gasteiger partial charge is 0.338 e. The van der Waals surface area contributed by atoms with Gasteiger partial charge in [-0.15, -0.1) is 0 Å². The van der Waals surface area contributed by atoms with Crippen molar-refractivity contribution in [3.63, 3.8) is 0 Å². The fraction of sp³-hybridized carbons (Fsp3) is 0.0417. The van der Waals surface area contributed by atoms with Crippen molar-refractivity contribution in [2.24, 2.45) is 0 Å². The zero-order chi connectivity index (χ0) is 23.3. The third-order valence-electron chi connectivity index (χ3n) is 5.35. The number of carbonyl (C=O) groups excluding carboxylic acids is 2. The number of benzene rings is 3. The molecular formula is C24H14O8S. The Labute approximate surface area is 186 Å². The molecule has 0 aliphatic carbocycles. The van der Waals surface area contributed by atoms with Gasteiger partial charge in [0.05, 0.1) is 15.4 Å². The number of hydrogen-bond acceptors (Lipinski definition) is 8. The number of rotatable bonds is 3. The number of esters is 1. The second-order valence-electron chi connectivity index (χ2n) is 7.39. The summed E-state index contributed by atoms with van der Waals surface area (Å²) < 4.78 is 36.4. The Balaban J connectivity index is 1.47. The summed E-state index contributed by atoms with van der Waals surface area (Å²) in [5.74, 6) is -1.37. The summed E-state index contributed by atoms with van der Waals surface area (Å²) in [6.07, 6.45) is 0. The first kappa shape index (κ1) is 20.7. The minimum absolute atomic E-state index is 0.0169. The van der Waals surface area contributed by atoms with Crippen LogP contribution in [0.25, 0.3) is 11.0 Å². The number of aromatic hydroxyl groups is 1. The summed E-state index contributed by atoms with van der Waals surface area (Å²) >= 11 is 0. The highest BCUT2D eigenvalue weighted by atomic mass is 32.2. The molecule has 2 heterocycles. The van der Waals surface area contributed by atoms with E-state index in [0.717, 1.165) is 6.07 Å². The Morgan fingerprint density at radius 2 is 1.67 bits per heavy atom. The highest BCUT2D eigenvalue weighted by Gasteiger charge is 2.35. The van der Waals surface area contributed by atoms with Gasteiger partial charge in [0.1, 0.15) is 17.9 Å². The number of ketones is 1. The molecule has 0 fully saturated rings. The van der Waals surface area contributed by atoms with Crippen LogP contribution in [0.4, 0.5) is 0 Å². The normalized spacial score (nSPS) is 13.9. The lowest BCUT2D eigenvalue weighted by atomic mass is 10.0. The van der Waals surface area contributed by atoms with Crippen molar-refractivity contribution in [1.82, 2.24) is 0 Å². The van der Waals surface area contributed by atoms with E-state index in [1.54, 1.807) is 6.07 Å². The highest BCUT2D eigenvalue weighted by Crippen LogP contribution is 2.35. The maximum Gasteiger partial charge on any atom is 0.338 e. The van der Waals surface area contributed by atoms with Crippen LogP contribution in [0.3, 0.4) is 0 Å². The van der Waals surface area contributed by atoms with E-state index in [9.17, 15) is 27.9 Å². The predicted molar refractivity (Wildman–Crippen MR) is 115 cm³/mol. The lowest BCUT2D eigenvalue weighted by Gasteiger charge is -2.19. The average molecular weight is 462 g/mol. The van der Waals surface area contributed by atoms with Crippen molar-refractivity contribution >= 4 is 32.6 Å². The number of phenolic OH excluding ortho intramolecular Hbond substituents is 1. The van der Waals surface area contributed by atoms with E-state index < -0.39 is 27.2 Å². The number of fused-ring (bicyclic) bond motifs is 3. The van der Waals surface area contributed by atoms with E-state index in [4.69, 9.17) is 9.15 Å². The largest absolute Gasteiger partial charge is 0.508 e. The molecule has 1 N–H and O–H groups in total. The molecule has 3 aromatic carbocycles. The van der Waals surface area contributed by atoms with Crippen molar-refractivity contribution in [2.75, 3.05) is 0 Å². The quantitative estimate of drug-likeness (QED) is 0.320. The Morgan fingerprint density at radius 1 is 0.909 bits per heavy atom. The van der Waals surface area contributed by atoms with E-state index in [0.29, 0.717) is 10.9 Å². The molecule has 1 aliphatic heterocycles. The Morgan fingerprint density at radius 3 is 2.48 bits per heavy atom. The molecule has 0 amide bonds. The second-order valence-corrected chi connectivity index (χ2v) is 9.27. The van der Waals surface area contributed by atoms with Crippen LogP contribution in [0.1, 0.15) is 31.8 Å². The van der Waals surface area contributed by atoms with Gasteiger partial charge < -0.3 is 14.3 Å². The summed E-state index contributed by atoms with van der Waals surface area (Å²) in [7, 11) is -4.00. The third-order valence-corrected chi connectivity index (χ3v) is 7.20. The summed E-state index contributed by atoms with van der Waals surface area (Å²) in [5, 5.41) is 10.0. The number of carbonyl (C=O) groups is 2. The van der Waals surface area contributed by atoms with E-state index in [1.807, 2.05) is 0 Å². The van der Waals surface area contributed by atoms with Crippen molar-refractivity contribution in [3.05, 3.63) is 99.4 Å². The van der Waals surface area contributed by atoms with Crippen LogP contribution in [-0.4, -0.2) is 25.3 Å². The molecule has 9 heteroatoms. The SMILES string of the molecule is O=C(OCc1cc(=O)oc2cc(O)ccc12)c1ccc2c(c1)S(=O)(=O)c1ccccc1C2=O. The molecule has 0 bridgehead atoms. The van der Waals surface area contributed by atoms with Gasteiger partial charge in [-0.3, -0.25) is 4.79 Å². The number of sulfone groups is 1. The van der Waals surface area contributed by atoms with Crippen LogP contribution in [0.15, 0.2) is 85.7 Å². The Kier molecular flexibility index (Phi) is 4.64. The minimum atomic E-state index is -4.00. The maximum atomic E-state index is 13.0. The molecule has 0 radical (unpaired) electrons. The number of ether oxygens (including phenoxy) is 1. The van der Waals surface area contributed by atoms with Crippen LogP contribution < -0.4 is 5.63 Å². The molecule has 0 unspecified atom stereocenters. The minimum Gasteiger partial charge on any atom is -0.508 e. The first-order chi connectivity index (χ1) is 15.8. The second kappa shape index (κ2) is 7.42. The maximum absolute atomic E-state index is 13.0. The molecule has 8 nitrogen and oxygen atoms in total. The highest BCUT2D eigenvalue weighted by molar-refractivity contribution is 7.91. The molecule has 33 heavy (non-hydrogen) atoms. The van der Waals surface area contributed by atoms with Gasteiger partial charge in [0.15, 0.2) is 5.78 Å². The summed E-state index contributed by atoms with van der Waals surface area (Å²) in [5.41, 5.74) is -0.196. The lowest BCUT2D eigenvalue weighted by molar-refractivity contribution is 0.0473. The molecule has 164 valence electrons. The van der Waals surface area contributed by atoms with Crippen LogP contribution in [0.5, 0.6) is 5.75 Å². The van der Waals surface area contributed by atoms with Crippen LogP contribution in [0, 0.1) is 0 Å². The average Bonchev–Trinajstić information content (AvgIpc) is 2.80. The molecule has 0 atom stereocenters. The van der Waals surface area contributed by atoms with Crippen LogP contribution in [-0.2, 0) is 21.2 Å². The molecular weight excluding hydrogens is 448 g/mol. The van der Waals surface area contributed by atoms with Crippen LogP contribution >= 0.6 is 0 Å². The van der Waals surface area contributed by atoms with Crippen molar-refractivity contribution in [3.8, 4) is 5.75 Å². The topological polar surface area (TPSA) is 128 Å². The van der Waals surface area contributed by atoms with Crippen molar-refractivity contribution in [1.29, 1.82) is 0 Å². The van der Waals surface area contributed by atoms with Crippen LogP contribution in [0.2, 0.25) is 0 Å². The molecule has 1 aliphatic rings. The Bertz CT molecular complexity index is 1650. The van der Waals surface area contributed by atoms with Gasteiger partial charge in [0.25, 0.3) is 0 Å². The van der Waals surface area contributed by atoms with E-state index in [-0.39, 0.29) is 44.4 Å². The van der Waals surface area contributed by atoms with Crippen molar-refractivity contribution < 1.29 is 32.3 Å². The summed E-state index contributed by atoms with van der Waals surface area (Å²) in [6, 6.07) is 15.0. The molecule has 0 saturated heterocycles. The zero-order valence-corrected chi connectivity index (χ0v) is 17.6. The molecule has 1 aromatic heterocycles. The van der Waals surface area contributed by atoms with Gasteiger partial charge in [-0.25, -0.2) is 18.0 Å². The molecule has 5 rings (SSSR count). The van der Waals surface area contributed by atoms with Gasteiger partial charge in [0, 0.05) is 34.2 Å². The van der Waals surface area contributed by atoms with E-state index in [1.165, 1.54) is 54.6 Å². The summed E-state index contributed by atoms with van der Waals surface area (Å²) in [4.78, 5) is 36.8. The third kappa shape index (κ3) is 3.39. The fourth-order valence-electron chi connectivity index (χ4n) is 3.78. The molecule has 4 aromatic rings. The van der Waals surface area contributed by atoms with Gasteiger partial charge in [0.2, 0.25) is 9.84 Å². The number of phenols is 1. The van der Waals surface area contributed by atoms with Gasteiger partial charge in [-0.1, -0.05) is 12.1 Å². The first-order valence-corrected chi connectivity index (χ1v) is 11.2. The van der Waals surface area contributed by atoms with E-state index >= 15 is 0 Å². The summed E-state index contributed by atoms with van der Waals surface area (Å²) in [6.45, 7) is -0.294. The zero-order valence-electron chi connectivity index (χ0n) is 16.8. The van der Waals surface area contributed by atoms with Gasteiger partial charge >= 0.3 is 11.6 Å². The van der Waals surface area contributed by atoms with E-state index in [2.05, 4.69) is 0 Å². The predicted octanol–water partition coefficient (Wildman–Crippen LogP) is 3.23. The standard InChI is InChI=1S/C24H14O8S/c25-15-6-8-16-14(10-22(26)32-19(16)11-15)12-31-24(28)13-5-7-18-21(9-13)33(29,30)20-4-2-1-3-17(20)23(18)27/h1-11,25H,12H2. The molecule has 0 saturated carbocycles. The first-order valence-electron chi connectivity index (χ1n) is 9.71. The van der Waals surface area contributed by atoms with Gasteiger partial charge in [-0.05, 0) is 42.5 Å². The Hall–Kier alpha value is -4.24.